The van der Waals surface area contributed by atoms with E-state index >= 15 is 0 Å². The lowest BCUT2D eigenvalue weighted by atomic mass is 10.2. The Morgan fingerprint density at radius 3 is 2.65 bits per heavy atom. The molecule has 88 valence electrons. The van der Waals surface area contributed by atoms with Crippen molar-refractivity contribution in [1.82, 2.24) is 14.8 Å². The molecule has 2 N–H and O–H groups in total. The van der Waals surface area contributed by atoms with Gasteiger partial charge in [-0.05, 0) is 12.1 Å². The van der Waals surface area contributed by atoms with Gasteiger partial charge in [-0.25, -0.2) is 19.3 Å². The Balaban J connectivity index is 2.81. The Morgan fingerprint density at radius 1 is 1.41 bits per heavy atom. The summed E-state index contributed by atoms with van der Waals surface area (Å²) in [6.45, 7) is 0. The van der Waals surface area contributed by atoms with Crippen LogP contribution in [0.1, 0.15) is 10.4 Å². The Morgan fingerprint density at radius 2 is 2.12 bits per heavy atom. The second-order valence-electron chi connectivity index (χ2n) is 3.12. The first-order valence-electron chi connectivity index (χ1n) is 4.35. The number of nitrogens with one attached hydrogen (secondary N) is 1. The molecule has 1 aromatic heterocycles. The summed E-state index contributed by atoms with van der Waals surface area (Å²) in [6, 6.07) is 2.56. The van der Waals surface area contributed by atoms with E-state index in [1.807, 2.05) is 0 Å². The van der Waals surface area contributed by atoms with Gasteiger partial charge in [-0.3, -0.25) is 0 Å². The minimum Gasteiger partial charge on any atom is -0.478 e. The third-order valence-corrected chi connectivity index (χ3v) is 2.56. The first kappa shape index (κ1) is 11.7. The first-order chi connectivity index (χ1) is 8.00. The molecule has 6 nitrogen and oxygen atoms in total. The molecule has 0 atom stereocenters. The van der Waals surface area contributed by atoms with Gasteiger partial charge >= 0.3 is 11.7 Å². The molecule has 2 rings (SSSR count). The number of carbonyl (C=O) groups is 1. The number of carboxylic acid groups (broad SMARTS) is 1. The van der Waals surface area contributed by atoms with Crippen LogP contribution in [-0.4, -0.2) is 25.8 Å². The average molecular weight is 274 g/mol. The van der Waals surface area contributed by atoms with Gasteiger partial charge in [0, 0.05) is 5.02 Å². The Hall–Kier alpha value is -1.79. The zero-order valence-electron chi connectivity index (χ0n) is 8.15. The third kappa shape index (κ3) is 2.04. The quantitative estimate of drug-likeness (QED) is 0.869. The topological polar surface area (TPSA) is 88.0 Å². The van der Waals surface area contributed by atoms with Crippen molar-refractivity contribution in [1.29, 1.82) is 0 Å². The van der Waals surface area contributed by atoms with Gasteiger partial charge in [-0.15, -0.1) is 0 Å². The molecule has 0 aliphatic rings. The second kappa shape index (κ2) is 4.23. The molecular formula is C9H5Cl2N3O3. The van der Waals surface area contributed by atoms with E-state index in [1.54, 1.807) is 0 Å². The lowest BCUT2D eigenvalue weighted by Gasteiger charge is -2.08. The molecule has 17 heavy (non-hydrogen) atoms. The van der Waals surface area contributed by atoms with Crippen molar-refractivity contribution in [3.05, 3.63) is 44.6 Å². The Labute approximate surface area is 104 Å². The molecule has 0 aliphatic heterocycles. The van der Waals surface area contributed by atoms with Gasteiger partial charge < -0.3 is 5.11 Å². The molecule has 2 aromatic rings. The zero-order chi connectivity index (χ0) is 12.6. The summed E-state index contributed by atoms with van der Waals surface area (Å²) >= 11 is 11.6. The van der Waals surface area contributed by atoms with Crippen molar-refractivity contribution in [3.8, 4) is 5.69 Å². The summed E-state index contributed by atoms with van der Waals surface area (Å²) in [4.78, 5) is 22.5. The molecule has 0 spiro atoms. The van der Waals surface area contributed by atoms with Crippen LogP contribution >= 0.6 is 23.2 Å². The highest BCUT2D eigenvalue weighted by Gasteiger charge is 2.18. The van der Waals surface area contributed by atoms with E-state index in [1.165, 1.54) is 12.1 Å². The van der Waals surface area contributed by atoms with Crippen molar-refractivity contribution in [2.24, 2.45) is 0 Å². The number of halogens is 2. The van der Waals surface area contributed by atoms with Crippen LogP contribution in [0.2, 0.25) is 10.0 Å². The van der Waals surface area contributed by atoms with Crippen molar-refractivity contribution in [2.45, 2.75) is 0 Å². The fraction of sp³-hybridized carbons (Fsp3) is 0. The smallest absolute Gasteiger partial charge is 0.347 e. The minimum atomic E-state index is -1.24. The third-order valence-electron chi connectivity index (χ3n) is 2.05. The number of aromatic nitrogens is 3. The summed E-state index contributed by atoms with van der Waals surface area (Å²) in [5.74, 6) is -1.24. The number of benzene rings is 1. The minimum absolute atomic E-state index is 0.0299. The van der Waals surface area contributed by atoms with Gasteiger partial charge in [0.1, 0.15) is 6.33 Å². The van der Waals surface area contributed by atoms with Crippen molar-refractivity contribution in [2.75, 3.05) is 0 Å². The number of hydrogen-bond donors (Lipinski definition) is 2. The van der Waals surface area contributed by atoms with E-state index in [9.17, 15) is 9.59 Å². The van der Waals surface area contributed by atoms with Gasteiger partial charge in [-0.2, -0.15) is 5.10 Å². The fourth-order valence-corrected chi connectivity index (χ4v) is 1.97. The molecule has 0 bridgehead atoms. The van der Waals surface area contributed by atoms with Crippen LogP contribution in [0.3, 0.4) is 0 Å². The van der Waals surface area contributed by atoms with Gasteiger partial charge in [0.05, 0.1) is 16.3 Å². The Bertz CT molecular complexity index is 647. The van der Waals surface area contributed by atoms with E-state index in [-0.39, 0.29) is 21.3 Å². The van der Waals surface area contributed by atoms with Crippen LogP contribution in [0, 0.1) is 0 Å². The lowest BCUT2D eigenvalue weighted by molar-refractivity contribution is 0.0697. The molecule has 0 radical (unpaired) electrons. The highest BCUT2D eigenvalue weighted by molar-refractivity contribution is 6.36. The summed E-state index contributed by atoms with van der Waals surface area (Å²) in [7, 11) is 0. The van der Waals surface area contributed by atoms with E-state index in [2.05, 4.69) is 10.2 Å². The highest BCUT2D eigenvalue weighted by atomic mass is 35.5. The van der Waals surface area contributed by atoms with Crippen molar-refractivity contribution < 1.29 is 9.90 Å². The highest BCUT2D eigenvalue weighted by Crippen LogP contribution is 2.27. The fourth-order valence-electron chi connectivity index (χ4n) is 1.38. The number of hydrogen-bond acceptors (Lipinski definition) is 3. The number of H-pyrrole nitrogens is 1. The molecule has 0 fully saturated rings. The van der Waals surface area contributed by atoms with Crippen LogP contribution in [0.4, 0.5) is 0 Å². The van der Waals surface area contributed by atoms with Crippen LogP contribution in [0.5, 0.6) is 0 Å². The standard InChI is InChI=1S/C9H5Cl2N3O3/c10-4-1-5(8(15)16)7(6(11)2-4)14-3-12-13-9(14)17/h1-3H,(H,13,17)(H,15,16). The van der Waals surface area contributed by atoms with E-state index in [0.717, 1.165) is 10.9 Å². The number of aromatic carboxylic acids is 1. The number of rotatable bonds is 2. The second-order valence-corrected chi connectivity index (χ2v) is 3.96. The molecule has 0 saturated heterocycles. The van der Waals surface area contributed by atoms with Crippen LogP contribution in [-0.2, 0) is 0 Å². The molecule has 1 aromatic carbocycles. The predicted octanol–water partition coefficient (Wildman–Crippen LogP) is 1.57. The molecule has 0 unspecified atom stereocenters. The maximum absolute atomic E-state index is 11.4. The van der Waals surface area contributed by atoms with Crippen molar-refractivity contribution >= 4 is 29.2 Å². The summed E-state index contributed by atoms with van der Waals surface area (Å²) in [5.41, 5.74) is -0.731. The monoisotopic (exact) mass is 273 g/mol. The largest absolute Gasteiger partial charge is 0.478 e. The van der Waals surface area contributed by atoms with Gasteiger partial charge in [0.2, 0.25) is 0 Å². The van der Waals surface area contributed by atoms with Gasteiger partial charge in [0.15, 0.2) is 0 Å². The maximum Gasteiger partial charge on any atom is 0.347 e. The molecule has 1 heterocycles. The van der Waals surface area contributed by atoms with Crippen LogP contribution in [0.15, 0.2) is 23.3 Å². The molecule has 0 amide bonds. The van der Waals surface area contributed by atoms with Gasteiger partial charge in [-0.1, -0.05) is 23.2 Å². The Kier molecular flexibility index (Phi) is 2.91. The maximum atomic E-state index is 11.4. The van der Waals surface area contributed by atoms with Crippen LogP contribution < -0.4 is 5.69 Å². The zero-order valence-corrected chi connectivity index (χ0v) is 9.66. The van der Waals surface area contributed by atoms with E-state index in [4.69, 9.17) is 28.3 Å². The number of aromatic amines is 1. The van der Waals surface area contributed by atoms with E-state index in [0.29, 0.717) is 0 Å². The van der Waals surface area contributed by atoms with Crippen LogP contribution in [0.25, 0.3) is 5.69 Å². The average Bonchev–Trinajstić information content (AvgIpc) is 2.63. The summed E-state index contributed by atoms with van der Waals surface area (Å²) in [5, 5.41) is 14.9. The molecule has 0 aliphatic carbocycles. The molecule has 0 saturated carbocycles. The summed E-state index contributed by atoms with van der Waals surface area (Å²) in [6.07, 6.45) is 1.14. The lowest BCUT2D eigenvalue weighted by Crippen LogP contribution is -2.17. The van der Waals surface area contributed by atoms with Gasteiger partial charge in [0.25, 0.3) is 0 Å². The molecular weight excluding hydrogens is 269 g/mol. The van der Waals surface area contributed by atoms with Crippen molar-refractivity contribution in [3.63, 3.8) is 0 Å². The first-order valence-corrected chi connectivity index (χ1v) is 5.11. The predicted molar refractivity (Wildman–Crippen MR) is 61.2 cm³/mol. The summed E-state index contributed by atoms with van der Waals surface area (Å²) < 4.78 is 1.00. The molecule has 8 heteroatoms. The normalized spacial score (nSPS) is 10.5. The number of nitrogens with zero attached hydrogens (tertiary/aromatic N) is 2. The van der Waals surface area contributed by atoms with E-state index < -0.39 is 11.7 Å². The SMILES string of the molecule is O=C(O)c1cc(Cl)cc(Cl)c1-n1cn[nH]c1=O. The number of carboxylic acids is 1.